The molecule has 0 unspecified atom stereocenters. The van der Waals surface area contributed by atoms with Gasteiger partial charge in [-0.15, -0.1) is 5.75 Å². The second-order valence-electron chi connectivity index (χ2n) is 10.8. The van der Waals surface area contributed by atoms with Gasteiger partial charge in [0.15, 0.2) is 0 Å². The molecule has 0 saturated heterocycles. The van der Waals surface area contributed by atoms with E-state index < -0.39 is 0 Å². The van der Waals surface area contributed by atoms with Crippen LogP contribution >= 0.6 is 11.6 Å². The summed E-state index contributed by atoms with van der Waals surface area (Å²) in [7, 11) is 4.74. The van der Waals surface area contributed by atoms with Crippen LogP contribution in [0, 0.1) is 6.92 Å². The van der Waals surface area contributed by atoms with Crippen LogP contribution in [0.4, 0.5) is 0 Å². The van der Waals surface area contributed by atoms with E-state index in [1.54, 1.807) is 6.07 Å². The van der Waals surface area contributed by atoms with Gasteiger partial charge in [0, 0.05) is 10.6 Å². The molecule has 0 aliphatic carbocycles. The zero-order valence-electron chi connectivity index (χ0n) is 23.2. The summed E-state index contributed by atoms with van der Waals surface area (Å²) in [4.78, 5) is 0. The molecule has 2 nitrogen and oxygen atoms in total. The number of aryl methyl sites for hydroxylation is 1. The first-order valence-corrected chi connectivity index (χ1v) is 14.5. The number of hydrogen-bond donors (Lipinski definition) is 0. The van der Waals surface area contributed by atoms with E-state index in [-0.39, 0.29) is 5.75 Å². The van der Waals surface area contributed by atoms with Crippen LogP contribution in [0.3, 0.4) is 0 Å². The van der Waals surface area contributed by atoms with Gasteiger partial charge in [0.1, 0.15) is 6.54 Å². The number of nitrogens with zero attached hydrogens (tertiary/aromatic N) is 1. The summed E-state index contributed by atoms with van der Waals surface area (Å²) in [5.41, 5.74) is 2.30. The first-order chi connectivity index (χ1) is 16.8. The molecule has 2 aromatic rings. The van der Waals surface area contributed by atoms with Crippen molar-refractivity contribution >= 4 is 11.6 Å². The highest BCUT2D eigenvalue weighted by Crippen LogP contribution is 2.18. The van der Waals surface area contributed by atoms with Crippen molar-refractivity contribution in [2.24, 2.45) is 0 Å². The fourth-order valence-electron chi connectivity index (χ4n) is 4.51. The third-order valence-electron chi connectivity index (χ3n) is 6.70. The van der Waals surface area contributed by atoms with E-state index in [1.165, 1.54) is 114 Å². The quantitative estimate of drug-likeness (QED) is 0.156. The van der Waals surface area contributed by atoms with E-state index in [0.717, 1.165) is 16.6 Å². The van der Waals surface area contributed by atoms with Gasteiger partial charge in [0.2, 0.25) is 0 Å². The van der Waals surface area contributed by atoms with E-state index >= 15 is 0 Å². The van der Waals surface area contributed by atoms with Crippen molar-refractivity contribution in [2.75, 3.05) is 20.6 Å². The van der Waals surface area contributed by atoms with Crippen LogP contribution in [0.1, 0.15) is 108 Å². The Morgan fingerprint density at radius 3 is 1.63 bits per heavy atom. The van der Waals surface area contributed by atoms with E-state index in [0.29, 0.717) is 5.02 Å². The Hall–Kier alpha value is -1.51. The van der Waals surface area contributed by atoms with Gasteiger partial charge in [-0.05, 0) is 31.4 Å². The van der Waals surface area contributed by atoms with Gasteiger partial charge in [-0.1, -0.05) is 138 Å². The lowest BCUT2D eigenvalue weighted by atomic mass is 10.0. The topological polar surface area (TPSA) is 23.1 Å². The fourth-order valence-corrected chi connectivity index (χ4v) is 4.63. The molecule has 0 saturated carbocycles. The zero-order chi connectivity index (χ0) is 25.8. The molecule has 0 fully saturated rings. The number of rotatable bonds is 17. The van der Waals surface area contributed by atoms with Crippen molar-refractivity contribution < 1.29 is 9.59 Å². The zero-order valence-corrected chi connectivity index (χ0v) is 23.9. The Balaban J connectivity index is 0.000000566. The minimum atomic E-state index is 0.0110. The van der Waals surface area contributed by atoms with Crippen molar-refractivity contribution in [3.05, 3.63) is 64.7 Å². The third-order valence-corrected chi connectivity index (χ3v) is 7.12. The molecule has 3 heteroatoms. The van der Waals surface area contributed by atoms with E-state index in [1.807, 2.05) is 6.92 Å². The second kappa shape index (κ2) is 19.7. The highest BCUT2D eigenvalue weighted by Gasteiger charge is 2.14. The number of hydrogen-bond acceptors (Lipinski definition) is 1. The summed E-state index contributed by atoms with van der Waals surface area (Å²) in [6, 6.07) is 15.5. The molecule has 0 spiro atoms. The number of unbranched alkanes of at least 4 members (excludes halogenated alkanes) is 13. The molecule has 0 aromatic heterocycles. The molecular formula is C32H52ClNO. The highest BCUT2D eigenvalue weighted by atomic mass is 35.5. The Morgan fingerprint density at radius 2 is 1.17 bits per heavy atom. The Labute approximate surface area is 222 Å². The SMILES string of the molecule is CCCCCCCCCCCCCCCC[N+](C)(C)Cc1ccccc1.Cc1cc([O-])ccc1Cl. The van der Waals surface area contributed by atoms with Crippen LogP contribution in [-0.4, -0.2) is 25.1 Å². The Kier molecular flexibility index (Phi) is 17.7. The molecule has 35 heavy (non-hydrogen) atoms. The largest absolute Gasteiger partial charge is 0.872 e. The summed E-state index contributed by atoms with van der Waals surface area (Å²) < 4.78 is 1.11. The molecule has 0 aliphatic heterocycles. The maximum Gasteiger partial charge on any atom is 0.104 e. The maximum absolute atomic E-state index is 10.6. The molecule has 0 atom stereocenters. The van der Waals surface area contributed by atoms with Crippen molar-refractivity contribution in [3.63, 3.8) is 0 Å². The average molecular weight is 502 g/mol. The normalized spacial score (nSPS) is 11.2. The monoisotopic (exact) mass is 501 g/mol. The molecule has 0 aliphatic rings. The fraction of sp³-hybridized carbons (Fsp3) is 0.625. The van der Waals surface area contributed by atoms with Gasteiger partial charge in [-0.3, -0.25) is 0 Å². The third kappa shape index (κ3) is 17.5. The average Bonchev–Trinajstić information content (AvgIpc) is 2.82. The first-order valence-electron chi connectivity index (χ1n) is 14.1. The van der Waals surface area contributed by atoms with Gasteiger partial charge < -0.3 is 9.59 Å². The van der Waals surface area contributed by atoms with Gasteiger partial charge in [-0.25, -0.2) is 0 Å². The van der Waals surface area contributed by atoms with E-state index in [4.69, 9.17) is 11.6 Å². The molecule has 0 bridgehead atoms. The molecule has 0 amide bonds. The Morgan fingerprint density at radius 1 is 0.686 bits per heavy atom. The molecule has 2 aromatic carbocycles. The van der Waals surface area contributed by atoms with Crippen LogP contribution in [0.2, 0.25) is 5.02 Å². The molecular weight excluding hydrogens is 450 g/mol. The minimum Gasteiger partial charge on any atom is -0.872 e. The lowest BCUT2D eigenvalue weighted by Gasteiger charge is -2.30. The van der Waals surface area contributed by atoms with Crippen LogP contribution in [0.5, 0.6) is 5.75 Å². The predicted molar refractivity (Wildman–Crippen MR) is 153 cm³/mol. The van der Waals surface area contributed by atoms with Crippen molar-refractivity contribution in [2.45, 2.75) is 110 Å². The standard InChI is InChI=1S/C25H46N.C7H7ClO/c1-4-5-6-7-8-9-10-11-12-13-14-15-16-20-23-26(2,3)24-25-21-18-17-19-22-25;1-5-4-6(9)2-3-7(5)8/h17-19,21-22H,4-16,20,23-24H2,1-3H3;2-4,9H,1H3/q+1;/p-1. The van der Waals surface area contributed by atoms with Crippen molar-refractivity contribution in [1.29, 1.82) is 0 Å². The van der Waals surface area contributed by atoms with Crippen molar-refractivity contribution in [3.8, 4) is 5.75 Å². The van der Waals surface area contributed by atoms with Crippen molar-refractivity contribution in [1.82, 2.24) is 0 Å². The minimum absolute atomic E-state index is 0.0110. The molecule has 198 valence electrons. The lowest BCUT2D eigenvalue weighted by molar-refractivity contribution is -0.903. The summed E-state index contributed by atoms with van der Waals surface area (Å²) in [6.45, 7) is 6.56. The Bertz CT molecular complexity index is 759. The number of quaternary nitrogens is 1. The molecule has 0 N–H and O–H groups in total. The summed E-state index contributed by atoms with van der Waals surface area (Å²) in [6.07, 6.45) is 20.2. The smallest absolute Gasteiger partial charge is 0.104 e. The lowest BCUT2D eigenvalue weighted by Crippen LogP contribution is -2.39. The maximum atomic E-state index is 10.6. The summed E-state index contributed by atoms with van der Waals surface area (Å²) >= 11 is 5.64. The van der Waals surface area contributed by atoms with Crippen LogP contribution < -0.4 is 5.11 Å². The van der Waals surface area contributed by atoms with Crippen LogP contribution in [-0.2, 0) is 6.54 Å². The van der Waals surface area contributed by atoms with Crippen LogP contribution in [0.25, 0.3) is 0 Å². The van der Waals surface area contributed by atoms with E-state index in [9.17, 15) is 5.11 Å². The van der Waals surface area contributed by atoms with Gasteiger partial charge >= 0.3 is 0 Å². The number of benzene rings is 2. The second-order valence-corrected chi connectivity index (χ2v) is 11.2. The molecule has 0 heterocycles. The van der Waals surface area contributed by atoms with Gasteiger partial charge in [0.05, 0.1) is 20.6 Å². The molecule has 0 radical (unpaired) electrons. The first kappa shape index (κ1) is 31.5. The highest BCUT2D eigenvalue weighted by molar-refractivity contribution is 6.31. The van der Waals surface area contributed by atoms with Gasteiger partial charge in [-0.2, -0.15) is 0 Å². The molecule has 2 rings (SSSR count). The van der Waals surface area contributed by atoms with Gasteiger partial charge in [0.25, 0.3) is 0 Å². The van der Waals surface area contributed by atoms with E-state index in [2.05, 4.69) is 51.4 Å². The predicted octanol–water partition coefficient (Wildman–Crippen LogP) is 9.47. The summed E-state index contributed by atoms with van der Waals surface area (Å²) in [5.74, 6) is 0.0110. The number of halogens is 1. The summed E-state index contributed by atoms with van der Waals surface area (Å²) in [5, 5.41) is 11.2. The van der Waals surface area contributed by atoms with Crippen LogP contribution in [0.15, 0.2) is 48.5 Å².